The Hall–Kier alpha value is -0.170. The molecule has 0 bridgehead atoms. The highest BCUT2D eigenvalue weighted by Gasteiger charge is 2.19. The summed E-state index contributed by atoms with van der Waals surface area (Å²) in [6, 6.07) is -0.238. The summed E-state index contributed by atoms with van der Waals surface area (Å²) < 4.78 is 25.5. The van der Waals surface area contributed by atoms with E-state index in [1.807, 2.05) is 12.3 Å². The van der Waals surface area contributed by atoms with Gasteiger partial charge in [0.1, 0.15) is 5.01 Å². The molecule has 0 radical (unpaired) electrons. The van der Waals surface area contributed by atoms with Gasteiger partial charge in [0.05, 0.1) is 11.8 Å². The van der Waals surface area contributed by atoms with Crippen molar-refractivity contribution in [1.82, 2.24) is 9.71 Å². The summed E-state index contributed by atoms with van der Waals surface area (Å²) in [6.45, 7) is 1.91. The van der Waals surface area contributed by atoms with Crippen molar-refractivity contribution in [3.8, 4) is 0 Å². The molecule has 1 unspecified atom stereocenters. The minimum absolute atomic E-state index is 0.0591. The average Bonchev–Trinajstić information content (AvgIpc) is 2.67. The predicted octanol–water partition coefficient (Wildman–Crippen LogP) is 1.75. The first-order chi connectivity index (χ1) is 7.09. The number of hydrogen-bond acceptors (Lipinski definition) is 4. The van der Waals surface area contributed by atoms with Gasteiger partial charge in [-0.25, -0.2) is 18.1 Å². The summed E-state index contributed by atoms with van der Waals surface area (Å²) in [4.78, 5) is 4.09. The second-order valence-electron chi connectivity index (χ2n) is 2.96. The molecule has 1 aromatic rings. The van der Waals surface area contributed by atoms with Crippen molar-refractivity contribution in [1.29, 1.82) is 0 Å². The standard InChI is InChI=1S/C8H13ClN2O2S2/c1-2-7(8-10-4-5-14-8)11-15(12,13)6-3-9/h4-5,7,11H,2-3,6H2,1H3. The van der Waals surface area contributed by atoms with Crippen molar-refractivity contribution in [3.05, 3.63) is 16.6 Å². The maximum atomic E-state index is 11.5. The Kier molecular flexibility index (Phi) is 4.98. The third-order valence-electron chi connectivity index (χ3n) is 1.83. The van der Waals surface area contributed by atoms with Crippen LogP contribution in [0.4, 0.5) is 0 Å². The summed E-state index contributed by atoms with van der Waals surface area (Å²) in [5.74, 6) is 0.0417. The lowest BCUT2D eigenvalue weighted by atomic mass is 10.3. The molecule has 0 fully saturated rings. The highest BCUT2D eigenvalue weighted by molar-refractivity contribution is 7.89. The van der Waals surface area contributed by atoms with E-state index in [1.165, 1.54) is 11.3 Å². The van der Waals surface area contributed by atoms with Gasteiger partial charge in [0.25, 0.3) is 0 Å². The highest BCUT2D eigenvalue weighted by atomic mass is 35.5. The molecule has 0 spiro atoms. The monoisotopic (exact) mass is 268 g/mol. The molecule has 0 saturated heterocycles. The number of nitrogens with zero attached hydrogens (tertiary/aromatic N) is 1. The van der Waals surface area contributed by atoms with E-state index in [0.717, 1.165) is 5.01 Å². The fourth-order valence-electron chi connectivity index (χ4n) is 1.09. The first-order valence-electron chi connectivity index (χ1n) is 4.54. The number of hydrogen-bond donors (Lipinski definition) is 1. The number of alkyl halides is 1. The maximum absolute atomic E-state index is 11.5. The minimum Gasteiger partial charge on any atom is -0.248 e. The van der Waals surface area contributed by atoms with Crippen LogP contribution in [0.3, 0.4) is 0 Å². The molecule has 86 valence electrons. The van der Waals surface area contributed by atoms with E-state index >= 15 is 0 Å². The Morgan fingerprint density at radius 1 is 1.67 bits per heavy atom. The van der Waals surface area contributed by atoms with Gasteiger partial charge >= 0.3 is 0 Å². The van der Waals surface area contributed by atoms with Crippen LogP contribution < -0.4 is 4.72 Å². The van der Waals surface area contributed by atoms with E-state index in [1.54, 1.807) is 6.20 Å². The minimum atomic E-state index is -3.28. The topological polar surface area (TPSA) is 59.1 Å². The second kappa shape index (κ2) is 5.79. The first-order valence-corrected chi connectivity index (χ1v) is 7.61. The molecular weight excluding hydrogens is 256 g/mol. The first kappa shape index (κ1) is 12.9. The summed E-state index contributed by atoms with van der Waals surface area (Å²) >= 11 is 6.85. The van der Waals surface area contributed by atoms with Crippen molar-refractivity contribution in [3.63, 3.8) is 0 Å². The molecule has 1 N–H and O–H groups in total. The number of aromatic nitrogens is 1. The summed E-state index contributed by atoms with van der Waals surface area (Å²) in [6.07, 6.45) is 2.34. The van der Waals surface area contributed by atoms with E-state index in [-0.39, 0.29) is 17.7 Å². The number of rotatable bonds is 6. The number of sulfonamides is 1. The van der Waals surface area contributed by atoms with Crippen molar-refractivity contribution >= 4 is 33.0 Å². The van der Waals surface area contributed by atoms with Crippen molar-refractivity contribution < 1.29 is 8.42 Å². The summed E-state index contributed by atoms with van der Waals surface area (Å²) in [5, 5.41) is 2.61. The number of halogens is 1. The predicted molar refractivity (Wildman–Crippen MR) is 62.8 cm³/mol. The molecule has 7 heteroatoms. The molecule has 0 aromatic carbocycles. The Morgan fingerprint density at radius 2 is 2.40 bits per heavy atom. The van der Waals surface area contributed by atoms with Crippen LogP contribution in [-0.2, 0) is 10.0 Å². The van der Waals surface area contributed by atoms with Gasteiger partial charge in [-0.2, -0.15) is 0 Å². The lowest BCUT2D eigenvalue weighted by Gasteiger charge is -2.13. The number of nitrogens with one attached hydrogen (secondary N) is 1. The zero-order chi connectivity index (χ0) is 11.3. The van der Waals surface area contributed by atoms with Crippen LogP contribution in [0.25, 0.3) is 0 Å². The van der Waals surface area contributed by atoms with E-state index in [2.05, 4.69) is 9.71 Å². The average molecular weight is 269 g/mol. The third kappa shape index (κ3) is 4.06. The smallest absolute Gasteiger partial charge is 0.213 e. The number of thiazole rings is 1. The van der Waals surface area contributed by atoms with Gasteiger partial charge in [-0.3, -0.25) is 0 Å². The Labute approximate surface area is 98.7 Å². The van der Waals surface area contributed by atoms with Crippen LogP contribution in [0.5, 0.6) is 0 Å². The maximum Gasteiger partial charge on any atom is 0.213 e. The lowest BCUT2D eigenvalue weighted by molar-refractivity contribution is 0.550. The van der Waals surface area contributed by atoms with Crippen molar-refractivity contribution in [2.24, 2.45) is 0 Å². The van der Waals surface area contributed by atoms with Crippen molar-refractivity contribution in [2.45, 2.75) is 19.4 Å². The van der Waals surface area contributed by atoms with E-state index < -0.39 is 10.0 Å². The SMILES string of the molecule is CCC(NS(=O)(=O)CCCl)c1nccs1. The quantitative estimate of drug-likeness (QED) is 0.800. The molecule has 1 heterocycles. The van der Waals surface area contributed by atoms with Crippen LogP contribution >= 0.6 is 22.9 Å². The molecular formula is C8H13ClN2O2S2. The lowest BCUT2D eigenvalue weighted by Crippen LogP contribution is -2.30. The van der Waals surface area contributed by atoms with Gasteiger partial charge in [-0.15, -0.1) is 22.9 Å². The van der Waals surface area contributed by atoms with Crippen LogP contribution in [0, 0.1) is 0 Å². The van der Waals surface area contributed by atoms with Gasteiger partial charge < -0.3 is 0 Å². The highest BCUT2D eigenvalue weighted by Crippen LogP contribution is 2.19. The normalized spacial score (nSPS) is 14.0. The molecule has 15 heavy (non-hydrogen) atoms. The molecule has 0 saturated carbocycles. The molecule has 0 aliphatic carbocycles. The second-order valence-corrected chi connectivity index (χ2v) is 6.13. The van der Waals surface area contributed by atoms with Crippen LogP contribution in [-0.4, -0.2) is 25.0 Å². The molecule has 1 atom stereocenters. The molecule has 1 aromatic heterocycles. The van der Waals surface area contributed by atoms with Gasteiger partial charge in [0.15, 0.2) is 0 Å². The van der Waals surface area contributed by atoms with Crippen LogP contribution in [0.1, 0.15) is 24.4 Å². The fourth-order valence-corrected chi connectivity index (χ4v) is 3.58. The van der Waals surface area contributed by atoms with Crippen LogP contribution in [0.2, 0.25) is 0 Å². The Morgan fingerprint density at radius 3 is 2.87 bits per heavy atom. The molecule has 4 nitrogen and oxygen atoms in total. The molecule has 0 aliphatic heterocycles. The van der Waals surface area contributed by atoms with E-state index in [9.17, 15) is 8.42 Å². The van der Waals surface area contributed by atoms with Gasteiger partial charge in [-0.05, 0) is 6.42 Å². The largest absolute Gasteiger partial charge is 0.248 e. The zero-order valence-corrected chi connectivity index (χ0v) is 10.7. The van der Waals surface area contributed by atoms with Crippen LogP contribution in [0.15, 0.2) is 11.6 Å². The summed E-state index contributed by atoms with van der Waals surface area (Å²) in [5.41, 5.74) is 0. The van der Waals surface area contributed by atoms with Gasteiger partial charge in [0, 0.05) is 17.5 Å². The summed E-state index contributed by atoms with van der Waals surface area (Å²) in [7, 11) is -3.28. The molecule has 0 amide bonds. The zero-order valence-electron chi connectivity index (χ0n) is 8.31. The van der Waals surface area contributed by atoms with Crippen molar-refractivity contribution in [2.75, 3.05) is 11.6 Å². The molecule has 0 aliphatic rings. The van der Waals surface area contributed by atoms with E-state index in [0.29, 0.717) is 6.42 Å². The van der Waals surface area contributed by atoms with Gasteiger partial charge in [0.2, 0.25) is 10.0 Å². The Balaban J connectivity index is 2.70. The fraction of sp³-hybridized carbons (Fsp3) is 0.625. The third-order valence-corrected chi connectivity index (χ3v) is 4.51. The molecule has 1 rings (SSSR count). The van der Waals surface area contributed by atoms with E-state index in [4.69, 9.17) is 11.6 Å². The van der Waals surface area contributed by atoms with Gasteiger partial charge in [-0.1, -0.05) is 6.92 Å². The Bertz CT molecular complexity index is 377.